The molecule has 1 N–H and O–H groups in total. The van der Waals surface area contributed by atoms with Gasteiger partial charge in [0, 0.05) is 17.1 Å². The molecule has 0 spiro atoms. The van der Waals surface area contributed by atoms with Crippen LogP contribution in [0.1, 0.15) is 40.2 Å². The molecule has 1 fully saturated rings. The lowest BCUT2D eigenvalue weighted by molar-refractivity contribution is 0.0930. The Bertz CT molecular complexity index is 1610. The van der Waals surface area contributed by atoms with E-state index in [1.165, 1.54) is 48.9 Å². The van der Waals surface area contributed by atoms with Gasteiger partial charge in [0.15, 0.2) is 5.82 Å². The van der Waals surface area contributed by atoms with Gasteiger partial charge in [0.05, 0.1) is 37.3 Å². The molecule has 0 radical (unpaired) electrons. The minimum absolute atomic E-state index is 0.00367. The van der Waals surface area contributed by atoms with E-state index in [0.717, 1.165) is 18.4 Å². The Morgan fingerprint density at radius 2 is 1.51 bits per heavy atom. The molecule has 41 heavy (non-hydrogen) atoms. The Labute approximate surface area is 244 Å². The molecule has 9 nitrogen and oxygen atoms in total. The number of ether oxygens (including phenoxy) is 2. The monoisotopic (exact) mass is 592 g/mol. The topological polar surface area (TPSA) is 111 Å². The van der Waals surface area contributed by atoms with Crippen LogP contribution in [0.2, 0.25) is 5.02 Å². The molecule has 0 saturated heterocycles. The summed E-state index contributed by atoms with van der Waals surface area (Å²) in [6, 6.07) is 24.3. The Morgan fingerprint density at radius 1 is 0.902 bits per heavy atom. The average molecular weight is 593 g/mol. The van der Waals surface area contributed by atoms with Crippen molar-refractivity contribution >= 4 is 27.5 Å². The zero-order valence-corrected chi connectivity index (χ0v) is 24.2. The van der Waals surface area contributed by atoms with Gasteiger partial charge in [-0.25, -0.2) is 8.42 Å². The summed E-state index contributed by atoms with van der Waals surface area (Å²) in [5.41, 5.74) is 1.92. The van der Waals surface area contributed by atoms with E-state index in [0.29, 0.717) is 16.1 Å². The van der Waals surface area contributed by atoms with Crippen LogP contribution in [0.25, 0.3) is 0 Å². The van der Waals surface area contributed by atoms with Gasteiger partial charge < -0.3 is 14.8 Å². The van der Waals surface area contributed by atoms with Crippen molar-refractivity contribution in [1.29, 1.82) is 0 Å². The van der Waals surface area contributed by atoms with Crippen molar-refractivity contribution in [2.24, 2.45) is 0 Å². The molecule has 1 amide bonds. The van der Waals surface area contributed by atoms with Gasteiger partial charge in [0.2, 0.25) is 21.8 Å². The van der Waals surface area contributed by atoms with Gasteiger partial charge in [-0.1, -0.05) is 54.1 Å². The number of sulfonamides is 1. The van der Waals surface area contributed by atoms with Crippen molar-refractivity contribution in [2.75, 3.05) is 14.2 Å². The molecule has 0 atom stereocenters. The van der Waals surface area contributed by atoms with E-state index in [9.17, 15) is 13.2 Å². The first kappa shape index (κ1) is 28.5. The van der Waals surface area contributed by atoms with Crippen LogP contribution in [0.5, 0.6) is 11.8 Å². The van der Waals surface area contributed by atoms with Crippen LogP contribution in [0.4, 0.5) is 0 Å². The predicted octanol–water partition coefficient (Wildman–Crippen LogP) is 4.96. The summed E-state index contributed by atoms with van der Waals surface area (Å²) in [5.74, 6) is 0.510. The van der Waals surface area contributed by atoms with E-state index in [1.54, 1.807) is 24.3 Å². The highest BCUT2D eigenvalue weighted by molar-refractivity contribution is 7.89. The second kappa shape index (κ2) is 11.9. The summed E-state index contributed by atoms with van der Waals surface area (Å²) in [6.45, 7) is -0.149. The Morgan fingerprint density at radius 3 is 2.07 bits per heavy atom. The van der Waals surface area contributed by atoms with Crippen molar-refractivity contribution < 1.29 is 22.7 Å². The number of hydrogen-bond acceptors (Lipinski definition) is 7. The molecule has 1 heterocycles. The minimum Gasteiger partial charge on any atom is -0.481 e. The molecule has 212 valence electrons. The fraction of sp³-hybridized carbons (Fsp3) is 0.233. The molecule has 3 aromatic carbocycles. The van der Waals surface area contributed by atoms with E-state index >= 15 is 0 Å². The maximum atomic E-state index is 13.7. The largest absolute Gasteiger partial charge is 0.481 e. The van der Waals surface area contributed by atoms with Gasteiger partial charge in [0.1, 0.15) is 0 Å². The molecular weight excluding hydrogens is 564 g/mol. The molecule has 0 bridgehead atoms. The minimum atomic E-state index is -3.99. The number of rotatable bonds is 11. The highest BCUT2D eigenvalue weighted by Gasteiger charge is 2.45. The normalized spacial score (nSPS) is 14.0. The number of carbonyl (C=O) groups excluding carboxylic acids is 1. The fourth-order valence-electron chi connectivity index (χ4n) is 4.49. The maximum Gasteiger partial charge on any atom is 0.251 e. The lowest BCUT2D eigenvalue weighted by Crippen LogP contribution is -2.34. The SMILES string of the molecule is COc1cc(OC)nc(CN(Cc2ccc(C(=O)NC3(c4ccccc4)CC3)cc2)S(=O)(=O)c2ccc(Cl)cc2)n1. The first-order chi connectivity index (χ1) is 19.7. The summed E-state index contributed by atoms with van der Waals surface area (Å²) < 4.78 is 39.2. The number of nitrogens with zero attached hydrogens (tertiary/aromatic N) is 3. The van der Waals surface area contributed by atoms with E-state index in [1.807, 2.05) is 30.3 Å². The number of hydrogen-bond donors (Lipinski definition) is 1. The molecule has 1 saturated carbocycles. The lowest BCUT2D eigenvalue weighted by atomic mass is 10.0. The summed E-state index contributed by atoms with van der Waals surface area (Å²) in [4.78, 5) is 21.8. The van der Waals surface area contributed by atoms with E-state index in [-0.39, 0.29) is 47.0 Å². The van der Waals surface area contributed by atoms with Gasteiger partial charge in [-0.2, -0.15) is 14.3 Å². The fourth-order valence-corrected chi connectivity index (χ4v) is 6.00. The van der Waals surface area contributed by atoms with Crippen molar-refractivity contribution in [3.8, 4) is 11.8 Å². The zero-order chi connectivity index (χ0) is 29.0. The number of nitrogens with one attached hydrogen (secondary N) is 1. The van der Waals surface area contributed by atoms with E-state index in [4.69, 9.17) is 21.1 Å². The molecule has 0 aliphatic heterocycles. The molecule has 1 aliphatic rings. The molecule has 1 aromatic heterocycles. The molecular formula is C30H29ClN4O5S. The number of amides is 1. The maximum absolute atomic E-state index is 13.7. The predicted molar refractivity (Wildman–Crippen MR) is 154 cm³/mol. The van der Waals surface area contributed by atoms with Crippen molar-refractivity contribution in [1.82, 2.24) is 19.6 Å². The van der Waals surface area contributed by atoms with Gasteiger partial charge in [-0.3, -0.25) is 4.79 Å². The van der Waals surface area contributed by atoms with Crippen LogP contribution in [-0.4, -0.2) is 42.8 Å². The molecule has 0 unspecified atom stereocenters. The van der Waals surface area contributed by atoms with Crippen LogP contribution < -0.4 is 14.8 Å². The van der Waals surface area contributed by atoms with Gasteiger partial charge >= 0.3 is 0 Å². The first-order valence-corrected chi connectivity index (χ1v) is 14.7. The zero-order valence-electron chi connectivity index (χ0n) is 22.6. The molecule has 5 rings (SSSR count). The number of halogens is 1. The third-order valence-electron chi connectivity index (χ3n) is 6.92. The number of carbonyl (C=O) groups is 1. The average Bonchev–Trinajstić information content (AvgIpc) is 3.78. The summed E-state index contributed by atoms with van der Waals surface area (Å²) in [6.07, 6.45) is 1.77. The standard InChI is InChI=1S/C30H29ClN4O5S/c1-39-27-18-28(40-2)33-26(32-27)20-35(41(37,38)25-14-12-24(31)13-15-25)19-21-8-10-22(11-9-21)29(36)34-30(16-17-30)23-6-4-3-5-7-23/h3-15,18H,16-17,19-20H2,1-2H3,(H,34,36). The second-order valence-electron chi connectivity index (χ2n) is 9.70. The Hall–Kier alpha value is -3.99. The van der Waals surface area contributed by atoms with Crippen molar-refractivity contribution in [3.05, 3.63) is 112 Å². The summed E-state index contributed by atoms with van der Waals surface area (Å²) in [7, 11) is -1.08. The van der Waals surface area contributed by atoms with Gasteiger partial charge in [-0.05, 0) is 60.4 Å². The second-order valence-corrected chi connectivity index (χ2v) is 12.1. The smallest absolute Gasteiger partial charge is 0.251 e. The van der Waals surface area contributed by atoms with Crippen LogP contribution in [0, 0.1) is 0 Å². The van der Waals surface area contributed by atoms with E-state index < -0.39 is 10.0 Å². The van der Waals surface area contributed by atoms with Crippen LogP contribution >= 0.6 is 11.6 Å². The highest BCUT2D eigenvalue weighted by atomic mass is 35.5. The third-order valence-corrected chi connectivity index (χ3v) is 8.98. The highest BCUT2D eigenvalue weighted by Crippen LogP contribution is 2.45. The summed E-state index contributed by atoms with van der Waals surface area (Å²) in [5, 5.41) is 3.59. The van der Waals surface area contributed by atoms with Gasteiger partial charge in [0.25, 0.3) is 5.91 Å². The number of methoxy groups -OCH3 is 2. The number of aromatic nitrogens is 2. The quantitative estimate of drug-likeness (QED) is 0.262. The number of benzene rings is 3. The van der Waals surface area contributed by atoms with Crippen LogP contribution in [0.15, 0.2) is 89.8 Å². The Balaban J connectivity index is 1.39. The van der Waals surface area contributed by atoms with Crippen molar-refractivity contribution in [3.63, 3.8) is 0 Å². The molecule has 11 heteroatoms. The van der Waals surface area contributed by atoms with Crippen LogP contribution in [-0.2, 0) is 28.7 Å². The summed E-state index contributed by atoms with van der Waals surface area (Å²) >= 11 is 6.00. The van der Waals surface area contributed by atoms with Crippen molar-refractivity contribution in [2.45, 2.75) is 36.4 Å². The van der Waals surface area contributed by atoms with E-state index in [2.05, 4.69) is 15.3 Å². The molecule has 1 aliphatic carbocycles. The van der Waals surface area contributed by atoms with Crippen LogP contribution in [0.3, 0.4) is 0 Å². The third kappa shape index (κ3) is 6.51. The van der Waals surface area contributed by atoms with Gasteiger partial charge in [-0.15, -0.1) is 0 Å². The first-order valence-electron chi connectivity index (χ1n) is 12.9. The lowest BCUT2D eigenvalue weighted by Gasteiger charge is -2.22. The molecule has 4 aromatic rings. The Kier molecular flexibility index (Phi) is 8.25.